The Kier molecular flexibility index (Phi) is 5.97. The van der Waals surface area contributed by atoms with Crippen molar-refractivity contribution in [2.75, 3.05) is 39.0 Å². The van der Waals surface area contributed by atoms with Gasteiger partial charge in [0.1, 0.15) is 6.54 Å². The van der Waals surface area contributed by atoms with Gasteiger partial charge in [0.05, 0.1) is 7.11 Å². The molecule has 0 radical (unpaired) electrons. The molecule has 1 fully saturated rings. The molecule has 0 unspecified atom stereocenters. The molecule has 0 saturated carbocycles. The summed E-state index contributed by atoms with van der Waals surface area (Å²) in [5, 5.41) is 0.0267. The van der Waals surface area contributed by atoms with Gasteiger partial charge in [0.2, 0.25) is 5.91 Å². The summed E-state index contributed by atoms with van der Waals surface area (Å²) in [6.45, 7) is 3.34. The van der Waals surface area contributed by atoms with Crippen molar-refractivity contribution < 1.29 is 19.1 Å². The van der Waals surface area contributed by atoms with Crippen molar-refractivity contribution in [2.24, 2.45) is 0 Å². The molecule has 1 aliphatic heterocycles. The minimum Gasteiger partial charge on any atom is -0.468 e. The number of hydrogen-bond donors (Lipinski definition) is 0. The van der Waals surface area contributed by atoms with Crippen molar-refractivity contribution in [1.29, 1.82) is 0 Å². The number of thioether (sulfide) groups is 1. The van der Waals surface area contributed by atoms with Gasteiger partial charge in [-0.05, 0) is 6.92 Å². The van der Waals surface area contributed by atoms with Crippen LogP contribution in [0.3, 0.4) is 0 Å². The first kappa shape index (κ1) is 14.8. The Hall–Kier alpha value is -1.24. The van der Waals surface area contributed by atoms with E-state index in [0.29, 0.717) is 19.6 Å². The second-order valence-electron chi connectivity index (χ2n) is 3.84. The maximum atomic E-state index is 11.9. The topological polar surface area (TPSA) is 66.9 Å². The quantitative estimate of drug-likeness (QED) is 0.662. The van der Waals surface area contributed by atoms with Crippen molar-refractivity contribution in [1.82, 2.24) is 9.80 Å². The van der Waals surface area contributed by atoms with E-state index in [0.717, 1.165) is 5.75 Å². The zero-order chi connectivity index (χ0) is 13.5. The zero-order valence-electron chi connectivity index (χ0n) is 10.7. The molecule has 6 nitrogen and oxygen atoms in total. The highest BCUT2D eigenvalue weighted by Gasteiger charge is 2.23. The molecule has 0 aromatic carbocycles. The van der Waals surface area contributed by atoms with Crippen molar-refractivity contribution in [3.63, 3.8) is 0 Å². The lowest BCUT2D eigenvalue weighted by molar-refractivity contribution is -0.146. The molecule has 0 bridgehead atoms. The molecule has 1 heterocycles. The van der Waals surface area contributed by atoms with Crippen LogP contribution < -0.4 is 0 Å². The van der Waals surface area contributed by atoms with Crippen LogP contribution in [-0.2, 0) is 14.3 Å². The first-order valence-corrected chi connectivity index (χ1v) is 6.83. The normalized spacial score (nSPS) is 14.8. The molecular formula is C11H18N2O4S. The molecule has 1 saturated heterocycles. The molecular weight excluding hydrogens is 256 g/mol. The van der Waals surface area contributed by atoms with E-state index in [4.69, 9.17) is 0 Å². The first-order valence-electron chi connectivity index (χ1n) is 5.84. The Bertz CT molecular complexity index is 335. The fourth-order valence-electron chi connectivity index (χ4n) is 1.61. The van der Waals surface area contributed by atoms with E-state index in [1.807, 2.05) is 0 Å². The molecule has 0 aliphatic carbocycles. The number of carbonyl (C=O) groups is 3. The third-order valence-corrected chi connectivity index (χ3v) is 3.61. The molecule has 0 spiro atoms. The largest absolute Gasteiger partial charge is 0.468 e. The molecule has 0 atom stereocenters. The smallest absolute Gasteiger partial charge is 0.325 e. The van der Waals surface area contributed by atoms with Crippen LogP contribution in [-0.4, -0.2) is 66.0 Å². The fraction of sp³-hybridized carbons (Fsp3) is 0.727. The van der Waals surface area contributed by atoms with Crippen molar-refractivity contribution in [3.05, 3.63) is 0 Å². The number of esters is 1. The van der Waals surface area contributed by atoms with Crippen LogP contribution in [0.25, 0.3) is 0 Å². The number of amides is 2. The van der Waals surface area contributed by atoms with E-state index in [1.54, 1.807) is 11.8 Å². The van der Waals surface area contributed by atoms with E-state index >= 15 is 0 Å². The third-order valence-electron chi connectivity index (χ3n) is 2.72. The van der Waals surface area contributed by atoms with E-state index < -0.39 is 5.97 Å². The van der Waals surface area contributed by atoms with Gasteiger partial charge >= 0.3 is 5.97 Å². The van der Waals surface area contributed by atoms with E-state index in [-0.39, 0.29) is 24.1 Å². The molecule has 0 N–H and O–H groups in total. The summed E-state index contributed by atoms with van der Waals surface area (Å²) in [5.41, 5.74) is 0. The van der Waals surface area contributed by atoms with Crippen molar-refractivity contribution in [3.8, 4) is 0 Å². The lowest BCUT2D eigenvalue weighted by atomic mass is 10.3. The molecule has 102 valence electrons. The minimum atomic E-state index is -0.432. The highest BCUT2D eigenvalue weighted by Crippen LogP contribution is 2.17. The van der Waals surface area contributed by atoms with E-state index in [9.17, 15) is 14.4 Å². The monoisotopic (exact) mass is 274 g/mol. The zero-order valence-corrected chi connectivity index (χ0v) is 11.5. The maximum absolute atomic E-state index is 11.9. The van der Waals surface area contributed by atoms with E-state index in [2.05, 4.69) is 4.74 Å². The Morgan fingerprint density at radius 2 is 2.22 bits per heavy atom. The van der Waals surface area contributed by atoms with Gasteiger partial charge in [-0.25, -0.2) is 0 Å². The maximum Gasteiger partial charge on any atom is 0.325 e. The lowest BCUT2D eigenvalue weighted by Gasteiger charge is -2.21. The molecule has 2 amide bonds. The summed E-state index contributed by atoms with van der Waals surface area (Å²) in [6, 6.07) is 0. The summed E-state index contributed by atoms with van der Waals surface area (Å²) in [6.07, 6.45) is 0.247. The number of likely N-dealkylation sites (N-methyl/N-ethyl adjacent to an activating group) is 1. The number of ether oxygens (including phenoxy) is 1. The Balaban J connectivity index is 2.37. The number of carbonyl (C=O) groups excluding carboxylic acids is 3. The standard InChI is InChI=1S/C11H18N2O4S/c1-3-12(8-10(15)17-2)9(14)4-5-13-6-7-18-11(13)16/h3-8H2,1-2H3. The van der Waals surface area contributed by atoms with Gasteiger partial charge in [0, 0.05) is 31.8 Å². The third kappa shape index (κ3) is 4.21. The van der Waals surface area contributed by atoms with Gasteiger partial charge in [-0.3, -0.25) is 14.4 Å². The average Bonchev–Trinajstić information content (AvgIpc) is 2.78. The van der Waals surface area contributed by atoms with Gasteiger partial charge in [-0.15, -0.1) is 0 Å². The van der Waals surface area contributed by atoms with Gasteiger partial charge in [-0.2, -0.15) is 0 Å². The molecule has 18 heavy (non-hydrogen) atoms. The van der Waals surface area contributed by atoms with Crippen LogP contribution in [0.15, 0.2) is 0 Å². The number of nitrogens with zero attached hydrogens (tertiary/aromatic N) is 2. The summed E-state index contributed by atoms with van der Waals surface area (Å²) in [5.74, 6) is 0.220. The van der Waals surface area contributed by atoms with Crippen LogP contribution in [0.2, 0.25) is 0 Å². The summed E-state index contributed by atoms with van der Waals surface area (Å²) in [4.78, 5) is 37.4. The van der Waals surface area contributed by atoms with E-state index in [1.165, 1.54) is 23.8 Å². The second-order valence-corrected chi connectivity index (χ2v) is 4.88. The van der Waals surface area contributed by atoms with Crippen LogP contribution in [0.4, 0.5) is 4.79 Å². The fourth-order valence-corrected chi connectivity index (χ4v) is 2.47. The molecule has 0 aromatic rings. The Morgan fingerprint density at radius 3 is 2.72 bits per heavy atom. The minimum absolute atomic E-state index is 0.0267. The van der Waals surface area contributed by atoms with Crippen LogP contribution >= 0.6 is 11.8 Å². The van der Waals surface area contributed by atoms with Gasteiger partial charge in [0.15, 0.2) is 0 Å². The number of rotatable bonds is 6. The highest BCUT2D eigenvalue weighted by atomic mass is 32.2. The summed E-state index contributed by atoms with van der Waals surface area (Å²) < 4.78 is 4.53. The summed E-state index contributed by atoms with van der Waals surface area (Å²) in [7, 11) is 1.29. The van der Waals surface area contributed by atoms with Crippen molar-refractivity contribution in [2.45, 2.75) is 13.3 Å². The number of methoxy groups -OCH3 is 1. The first-order chi connectivity index (χ1) is 8.58. The van der Waals surface area contributed by atoms with Gasteiger partial charge in [-0.1, -0.05) is 11.8 Å². The Labute approximate surface area is 111 Å². The highest BCUT2D eigenvalue weighted by molar-refractivity contribution is 8.13. The molecule has 1 rings (SSSR count). The Morgan fingerprint density at radius 1 is 1.50 bits per heavy atom. The lowest BCUT2D eigenvalue weighted by Crippen LogP contribution is -2.38. The molecule has 0 aromatic heterocycles. The second kappa shape index (κ2) is 7.25. The van der Waals surface area contributed by atoms with Gasteiger partial charge < -0.3 is 14.5 Å². The van der Waals surface area contributed by atoms with Crippen molar-refractivity contribution >= 4 is 28.9 Å². The predicted octanol–water partition coefficient (Wildman–Crippen LogP) is 0.567. The van der Waals surface area contributed by atoms with Crippen LogP contribution in [0.1, 0.15) is 13.3 Å². The number of hydrogen-bond acceptors (Lipinski definition) is 5. The SMILES string of the molecule is CCN(CC(=O)OC)C(=O)CCN1CCSC1=O. The predicted molar refractivity (Wildman–Crippen MR) is 68.3 cm³/mol. The molecule has 1 aliphatic rings. The van der Waals surface area contributed by atoms with Crippen LogP contribution in [0.5, 0.6) is 0 Å². The average molecular weight is 274 g/mol. The molecule has 7 heteroatoms. The van der Waals surface area contributed by atoms with Crippen LogP contribution in [0, 0.1) is 0 Å². The summed E-state index contributed by atoms with van der Waals surface area (Å²) >= 11 is 1.27. The van der Waals surface area contributed by atoms with Gasteiger partial charge in [0.25, 0.3) is 5.24 Å².